The van der Waals surface area contributed by atoms with E-state index in [0.29, 0.717) is 21.3 Å². The molecule has 2 aromatic carbocycles. The Balaban J connectivity index is 1.93. The van der Waals surface area contributed by atoms with Crippen molar-refractivity contribution in [1.29, 1.82) is 0 Å². The highest BCUT2D eigenvalue weighted by Gasteiger charge is 2.30. The van der Waals surface area contributed by atoms with Crippen LogP contribution in [0.25, 0.3) is 6.08 Å². The van der Waals surface area contributed by atoms with E-state index < -0.39 is 0 Å². The number of phenols is 1. The van der Waals surface area contributed by atoms with Crippen molar-refractivity contribution in [2.45, 2.75) is 0 Å². The number of thioether (sulfide) groups is 1. The van der Waals surface area contributed by atoms with Gasteiger partial charge in [-0.15, -0.1) is 0 Å². The van der Waals surface area contributed by atoms with Crippen LogP contribution in [0.5, 0.6) is 5.75 Å². The maximum absolute atomic E-state index is 13.7. The monoisotopic (exact) mass is 328 g/mol. The van der Waals surface area contributed by atoms with Crippen molar-refractivity contribution in [2.75, 3.05) is 7.05 Å². The Morgan fingerprint density at radius 3 is 2.74 bits per heavy atom. The van der Waals surface area contributed by atoms with Crippen molar-refractivity contribution >= 4 is 34.6 Å². The van der Waals surface area contributed by atoms with Crippen LogP contribution in [0.1, 0.15) is 5.56 Å². The Kier molecular flexibility index (Phi) is 4.16. The molecule has 0 radical (unpaired) electrons. The SMILES string of the molecule is CN1C(=O)/C(=C/c2ccccc2F)SC1=Nc1cccc(O)c1. The van der Waals surface area contributed by atoms with Gasteiger partial charge in [-0.2, -0.15) is 0 Å². The van der Waals surface area contributed by atoms with Crippen molar-refractivity contribution in [1.82, 2.24) is 4.90 Å². The van der Waals surface area contributed by atoms with Crippen LogP contribution in [0.4, 0.5) is 10.1 Å². The third-order valence-electron chi connectivity index (χ3n) is 3.25. The molecule has 2 aromatic rings. The van der Waals surface area contributed by atoms with Gasteiger partial charge in [0.25, 0.3) is 5.91 Å². The molecule has 0 saturated carbocycles. The van der Waals surface area contributed by atoms with Crippen LogP contribution in [0.3, 0.4) is 0 Å². The first-order chi connectivity index (χ1) is 11.0. The Hall–Kier alpha value is -2.60. The van der Waals surface area contributed by atoms with Gasteiger partial charge in [-0.1, -0.05) is 24.3 Å². The molecule has 3 rings (SSSR count). The number of aliphatic imine (C=N–C) groups is 1. The molecule has 1 N–H and O–H groups in total. The summed E-state index contributed by atoms with van der Waals surface area (Å²) in [6, 6.07) is 12.7. The number of hydrogen-bond donors (Lipinski definition) is 1. The maximum Gasteiger partial charge on any atom is 0.266 e. The second-order valence-electron chi connectivity index (χ2n) is 4.91. The minimum absolute atomic E-state index is 0.103. The van der Waals surface area contributed by atoms with E-state index in [1.54, 1.807) is 43.4 Å². The number of amides is 1. The predicted octanol–water partition coefficient (Wildman–Crippen LogP) is 3.77. The number of rotatable bonds is 2. The number of benzene rings is 2. The van der Waals surface area contributed by atoms with E-state index in [-0.39, 0.29) is 17.5 Å². The molecule has 1 aliphatic heterocycles. The molecule has 116 valence electrons. The molecular weight excluding hydrogens is 315 g/mol. The number of halogens is 1. The molecule has 4 nitrogen and oxygen atoms in total. The van der Waals surface area contributed by atoms with Gasteiger partial charge < -0.3 is 5.11 Å². The lowest BCUT2D eigenvalue weighted by atomic mass is 10.2. The number of aromatic hydroxyl groups is 1. The highest BCUT2D eigenvalue weighted by atomic mass is 32.2. The lowest BCUT2D eigenvalue weighted by Crippen LogP contribution is -2.23. The van der Waals surface area contributed by atoms with Gasteiger partial charge in [-0.05, 0) is 36.0 Å². The van der Waals surface area contributed by atoms with Crippen molar-refractivity contribution in [3.05, 3.63) is 64.8 Å². The number of carbonyl (C=O) groups is 1. The summed E-state index contributed by atoms with van der Waals surface area (Å²) in [6.07, 6.45) is 1.52. The van der Waals surface area contributed by atoms with E-state index in [9.17, 15) is 14.3 Å². The normalized spacial score (nSPS) is 18.2. The fourth-order valence-corrected chi connectivity index (χ4v) is 3.04. The summed E-state index contributed by atoms with van der Waals surface area (Å²) in [5.41, 5.74) is 0.898. The van der Waals surface area contributed by atoms with E-state index >= 15 is 0 Å². The molecule has 0 spiro atoms. The second-order valence-corrected chi connectivity index (χ2v) is 5.92. The van der Waals surface area contributed by atoms with Gasteiger partial charge in [0.1, 0.15) is 11.6 Å². The highest BCUT2D eigenvalue weighted by molar-refractivity contribution is 8.18. The summed E-state index contributed by atoms with van der Waals surface area (Å²) in [5, 5.41) is 9.95. The van der Waals surface area contributed by atoms with Crippen LogP contribution in [0.2, 0.25) is 0 Å². The number of carbonyl (C=O) groups excluding carboxylic acids is 1. The topological polar surface area (TPSA) is 52.9 Å². The molecule has 1 amide bonds. The van der Waals surface area contributed by atoms with Crippen LogP contribution < -0.4 is 0 Å². The number of phenolic OH excluding ortho intramolecular Hbond substituents is 1. The van der Waals surface area contributed by atoms with E-state index in [4.69, 9.17) is 0 Å². The van der Waals surface area contributed by atoms with Crippen molar-refractivity contribution in [3.8, 4) is 5.75 Å². The first kappa shape index (κ1) is 15.3. The Labute approximate surface area is 137 Å². The van der Waals surface area contributed by atoms with E-state index in [2.05, 4.69) is 4.99 Å². The number of nitrogens with zero attached hydrogens (tertiary/aromatic N) is 2. The molecule has 0 atom stereocenters. The van der Waals surface area contributed by atoms with Gasteiger partial charge in [0.2, 0.25) is 0 Å². The fourth-order valence-electron chi connectivity index (χ4n) is 2.06. The van der Waals surface area contributed by atoms with Gasteiger partial charge >= 0.3 is 0 Å². The first-order valence-corrected chi connectivity index (χ1v) is 7.66. The fraction of sp³-hybridized carbons (Fsp3) is 0.0588. The molecule has 1 fully saturated rings. The number of hydrogen-bond acceptors (Lipinski definition) is 4. The quantitative estimate of drug-likeness (QED) is 0.854. The zero-order chi connectivity index (χ0) is 16.4. The molecule has 0 aromatic heterocycles. The van der Waals surface area contributed by atoms with Crippen LogP contribution in [-0.4, -0.2) is 28.1 Å². The van der Waals surface area contributed by atoms with Gasteiger partial charge in [-0.25, -0.2) is 9.38 Å². The minimum atomic E-state index is -0.380. The summed E-state index contributed by atoms with van der Waals surface area (Å²) in [4.78, 5) is 18.4. The first-order valence-electron chi connectivity index (χ1n) is 6.84. The van der Waals surface area contributed by atoms with Crippen molar-refractivity contribution in [3.63, 3.8) is 0 Å². The highest BCUT2D eigenvalue weighted by Crippen LogP contribution is 2.33. The molecule has 23 heavy (non-hydrogen) atoms. The standard InChI is InChI=1S/C17H13FN2O2S/c1-20-16(22)15(9-11-5-2-3-8-14(11)18)23-17(20)19-12-6-4-7-13(21)10-12/h2-10,21H,1H3/b15-9-,19-17?. The predicted molar refractivity (Wildman–Crippen MR) is 89.9 cm³/mol. The molecule has 6 heteroatoms. The minimum Gasteiger partial charge on any atom is -0.508 e. The number of amidine groups is 1. The van der Waals surface area contributed by atoms with Crippen molar-refractivity contribution < 1.29 is 14.3 Å². The summed E-state index contributed by atoms with van der Waals surface area (Å²) in [7, 11) is 1.61. The average molecular weight is 328 g/mol. The molecule has 0 unspecified atom stereocenters. The Morgan fingerprint density at radius 1 is 1.22 bits per heavy atom. The van der Waals surface area contributed by atoms with Crippen LogP contribution in [0, 0.1) is 5.82 Å². The third kappa shape index (κ3) is 3.27. The van der Waals surface area contributed by atoms with E-state index in [0.717, 1.165) is 0 Å². The molecular formula is C17H13FN2O2S. The van der Waals surface area contributed by atoms with Crippen LogP contribution in [-0.2, 0) is 4.79 Å². The molecule has 1 saturated heterocycles. The number of likely N-dealkylation sites (N-methyl/N-ethyl adjacent to an activating group) is 1. The van der Waals surface area contributed by atoms with Crippen molar-refractivity contribution in [2.24, 2.45) is 4.99 Å². The summed E-state index contributed by atoms with van der Waals surface area (Å²) < 4.78 is 13.7. The Morgan fingerprint density at radius 2 is 2.00 bits per heavy atom. The molecule has 0 bridgehead atoms. The smallest absolute Gasteiger partial charge is 0.266 e. The molecule has 1 aliphatic rings. The second kappa shape index (κ2) is 6.26. The summed E-state index contributed by atoms with van der Waals surface area (Å²) >= 11 is 1.17. The van der Waals surface area contributed by atoms with Gasteiger partial charge in [0, 0.05) is 18.7 Å². The average Bonchev–Trinajstić information content (AvgIpc) is 2.78. The molecule has 0 aliphatic carbocycles. The maximum atomic E-state index is 13.7. The summed E-state index contributed by atoms with van der Waals surface area (Å²) in [6.45, 7) is 0. The van der Waals surface area contributed by atoms with Crippen LogP contribution in [0.15, 0.2) is 58.4 Å². The lowest BCUT2D eigenvalue weighted by Gasteiger charge is -2.07. The summed E-state index contributed by atoms with van der Waals surface area (Å²) in [5.74, 6) is -0.516. The van der Waals surface area contributed by atoms with Crippen LogP contribution >= 0.6 is 11.8 Å². The third-order valence-corrected chi connectivity index (χ3v) is 4.31. The van der Waals surface area contributed by atoms with Gasteiger partial charge in [0.15, 0.2) is 5.17 Å². The Bertz CT molecular complexity index is 833. The van der Waals surface area contributed by atoms with Gasteiger partial charge in [-0.3, -0.25) is 9.69 Å². The largest absolute Gasteiger partial charge is 0.508 e. The lowest BCUT2D eigenvalue weighted by molar-refractivity contribution is -0.121. The van der Waals surface area contributed by atoms with E-state index in [1.807, 2.05) is 0 Å². The van der Waals surface area contributed by atoms with E-state index in [1.165, 1.54) is 34.9 Å². The van der Waals surface area contributed by atoms with Gasteiger partial charge in [0.05, 0.1) is 10.6 Å². The zero-order valence-corrected chi connectivity index (χ0v) is 13.0. The molecule has 1 heterocycles. The zero-order valence-electron chi connectivity index (χ0n) is 12.2.